The van der Waals surface area contributed by atoms with Crippen molar-refractivity contribution in [2.24, 2.45) is 0 Å². The quantitative estimate of drug-likeness (QED) is 0.502. The van der Waals surface area contributed by atoms with E-state index in [-0.39, 0.29) is 17.7 Å². The van der Waals surface area contributed by atoms with Crippen molar-refractivity contribution < 1.29 is 9.59 Å². The van der Waals surface area contributed by atoms with Gasteiger partial charge in [0, 0.05) is 26.2 Å². The van der Waals surface area contributed by atoms with Crippen LogP contribution in [0.5, 0.6) is 0 Å². The number of aromatic nitrogens is 4. The number of hydrogen-bond donors (Lipinski definition) is 0. The Bertz CT molecular complexity index is 1050. The van der Waals surface area contributed by atoms with Gasteiger partial charge in [-0.2, -0.15) is 0 Å². The average Bonchev–Trinajstić information content (AvgIpc) is 3.61. The molecule has 0 N–H and O–H groups in total. The highest BCUT2D eigenvalue weighted by molar-refractivity contribution is 7.99. The van der Waals surface area contributed by atoms with Crippen LogP contribution in [0.2, 0.25) is 0 Å². The molecule has 3 aromatic rings. The predicted octanol–water partition coefficient (Wildman–Crippen LogP) is 2.60. The van der Waals surface area contributed by atoms with Crippen molar-refractivity contribution in [1.29, 1.82) is 0 Å². The molecule has 1 aliphatic carbocycles. The Morgan fingerprint density at radius 3 is 2.03 bits per heavy atom. The number of piperazine rings is 1. The molecule has 1 saturated carbocycles. The first-order valence-electron chi connectivity index (χ1n) is 11.3. The molecule has 0 radical (unpaired) electrons. The fraction of sp³-hybridized carbons (Fsp3) is 0.375. The summed E-state index contributed by atoms with van der Waals surface area (Å²) in [5, 5.41) is 12.5. The molecule has 0 atom stereocenters. The van der Waals surface area contributed by atoms with Crippen molar-refractivity contribution in [1.82, 2.24) is 30.0 Å². The third kappa shape index (κ3) is 4.93. The minimum Gasteiger partial charge on any atom is -0.338 e. The van der Waals surface area contributed by atoms with Crippen molar-refractivity contribution in [2.45, 2.75) is 30.0 Å². The molecular formula is C24H26N6O2S. The van der Waals surface area contributed by atoms with Gasteiger partial charge in [-0.15, -0.1) is 5.10 Å². The van der Waals surface area contributed by atoms with E-state index in [2.05, 4.69) is 15.5 Å². The standard InChI is InChI=1S/C24H26N6O2S/c31-21(17-33-24-25-26-27-30(24)20-11-12-20)28-13-15-29(16-14-28)23(32)22(18-7-3-1-4-8-18)19-9-5-2-6-10-19/h1-10,20,22H,11-17H2. The minimum atomic E-state index is -0.341. The van der Waals surface area contributed by atoms with Crippen LogP contribution >= 0.6 is 11.8 Å². The second-order valence-corrected chi connectivity index (χ2v) is 9.33. The highest BCUT2D eigenvalue weighted by atomic mass is 32.2. The number of thioether (sulfide) groups is 1. The van der Waals surface area contributed by atoms with Gasteiger partial charge in [0.2, 0.25) is 17.0 Å². The number of amides is 2. The highest BCUT2D eigenvalue weighted by Gasteiger charge is 2.32. The molecular weight excluding hydrogens is 436 g/mol. The number of tetrazole rings is 1. The molecule has 33 heavy (non-hydrogen) atoms. The Labute approximate surface area is 196 Å². The number of rotatable bonds is 7. The summed E-state index contributed by atoms with van der Waals surface area (Å²) in [6.07, 6.45) is 2.19. The maximum absolute atomic E-state index is 13.6. The van der Waals surface area contributed by atoms with E-state index in [1.54, 1.807) is 0 Å². The van der Waals surface area contributed by atoms with Crippen LogP contribution in [0.15, 0.2) is 65.8 Å². The smallest absolute Gasteiger partial charge is 0.234 e. The molecule has 170 valence electrons. The van der Waals surface area contributed by atoms with Crippen LogP contribution in [-0.4, -0.2) is 73.8 Å². The third-order valence-electron chi connectivity index (χ3n) is 6.14. The minimum absolute atomic E-state index is 0.0557. The summed E-state index contributed by atoms with van der Waals surface area (Å²) in [5.74, 6) is 0.0987. The molecule has 0 spiro atoms. The molecule has 2 amide bonds. The van der Waals surface area contributed by atoms with Gasteiger partial charge in [0.25, 0.3) is 0 Å². The maximum Gasteiger partial charge on any atom is 0.234 e. The molecule has 1 saturated heterocycles. The van der Waals surface area contributed by atoms with Gasteiger partial charge in [-0.3, -0.25) is 9.59 Å². The van der Waals surface area contributed by atoms with Crippen molar-refractivity contribution in [3.05, 3.63) is 71.8 Å². The summed E-state index contributed by atoms with van der Waals surface area (Å²) in [7, 11) is 0. The van der Waals surface area contributed by atoms with E-state index < -0.39 is 0 Å². The van der Waals surface area contributed by atoms with E-state index in [1.807, 2.05) is 75.1 Å². The molecule has 2 heterocycles. The zero-order chi connectivity index (χ0) is 22.6. The molecule has 5 rings (SSSR count). The van der Waals surface area contributed by atoms with Gasteiger partial charge in [-0.1, -0.05) is 72.4 Å². The van der Waals surface area contributed by atoms with Gasteiger partial charge in [0.1, 0.15) is 0 Å². The van der Waals surface area contributed by atoms with E-state index in [0.717, 1.165) is 24.0 Å². The van der Waals surface area contributed by atoms with Gasteiger partial charge >= 0.3 is 0 Å². The lowest BCUT2D eigenvalue weighted by atomic mass is 9.90. The van der Waals surface area contributed by atoms with Crippen LogP contribution < -0.4 is 0 Å². The van der Waals surface area contributed by atoms with Gasteiger partial charge in [-0.05, 0) is 34.4 Å². The summed E-state index contributed by atoms with van der Waals surface area (Å²) in [5.41, 5.74) is 1.97. The van der Waals surface area contributed by atoms with Crippen molar-refractivity contribution in [3.63, 3.8) is 0 Å². The number of carbonyl (C=O) groups excluding carboxylic acids is 2. The first-order chi connectivity index (χ1) is 16.2. The molecule has 2 aromatic carbocycles. The van der Waals surface area contributed by atoms with Gasteiger partial charge in [0.15, 0.2) is 0 Å². The number of nitrogens with zero attached hydrogens (tertiary/aromatic N) is 6. The van der Waals surface area contributed by atoms with Crippen LogP contribution in [0.3, 0.4) is 0 Å². The van der Waals surface area contributed by atoms with Crippen molar-refractivity contribution >= 4 is 23.6 Å². The summed E-state index contributed by atoms with van der Waals surface area (Å²) in [6.45, 7) is 2.14. The first-order valence-corrected chi connectivity index (χ1v) is 12.3. The lowest BCUT2D eigenvalue weighted by molar-refractivity contribution is -0.138. The summed E-state index contributed by atoms with van der Waals surface area (Å²) in [6, 6.07) is 20.2. The maximum atomic E-state index is 13.6. The lowest BCUT2D eigenvalue weighted by Gasteiger charge is -2.36. The largest absolute Gasteiger partial charge is 0.338 e. The van der Waals surface area contributed by atoms with Gasteiger partial charge in [0.05, 0.1) is 17.7 Å². The normalized spacial score (nSPS) is 16.3. The Hall–Kier alpha value is -3.20. The molecule has 0 unspecified atom stereocenters. The molecule has 2 fully saturated rings. The van der Waals surface area contributed by atoms with Crippen molar-refractivity contribution in [2.75, 3.05) is 31.9 Å². The molecule has 8 nitrogen and oxygen atoms in total. The third-order valence-corrected chi connectivity index (χ3v) is 7.06. The van der Waals surface area contributed by atoms with Crippen LogP contribution in [0.25, 0.3) is 0 Å². The Kier molecular flexibility index (Phi) is 6.39. The second-order valence-electron chi connectivity index (χ2n) is 8.39. The highest BCUT2D eigenvalue weighted by Crippen LogP contribution is 2.36. The molecule has 1 aromatic heterocycles. The van der Waals surface area contributed by atoms with Crippen molar-refractivity contribution in [3.8, 4) is 0 Å². The summed E-state index contributed by atoms with van der Waals surface area (Å²) < 4.78 is 1.82. The van der Waals surface area contributed by atoms with Crippen LogP contribution in [0, 0.1) is 0 Å². The van der Waals surface area contributed by atoms with E-state index in [0.29, 0.717) is 43.1 Å². The number of carbonyl (C=O) groups is 2. The van der Waals surface area contributed by atoms with Gasteiger partial charge < -0.3 is 9.80 Å². The van der Waals surface area contributed by atoms with Crippen LogP contribution in [0.1, 0.15) is 35.9 Å². The predicted molar refractivity (Wildman–Crippen MR) is 125 cm³/mol. The SMILES string of the molecule is O=C(CSc1nnnn1C1CC1)N1CCN(C(=O)C(c2ccccc2)c2ccccc2)CC1. The molecule has 2 aliphatic rings. The van der Waals surface area contributed by atoms with E-state index >= 15 is 0 Å². The first kappa shape index (κ1) is 21.6. The fourth-order valence-electron chi connectivity index (χ4n) is 4.17. The average molecular weight is 463 g/mol. The van der Waals surface area contributed by atoms with E-state index in [1.165, 1.54) is 11.8 Å². The van der Waals surface area contributed by atoms with E-state index in [9.17, 15) is 9.59 Å². The number of benzene rings is 2. The topological polar surface area (TPSA) is 84.2 Å². The Morgan fingerprint density at radius 1 is 0.879 bits per heavy atom. The molecule has 1 aliphatic heterocycles. The Balaban J connectivity index is 1.20. The zero-order valence-electron chi connectivity index (χ0n) is 18.3. The van der Waals surface area contributed by atoms with E-state index in [4.69, 9.17) is 0 Å². The summed E-state index contributed by atoms with van der Waals surface area (Å²) in [4.78, 5) is 30.0. The van der Waals surface area contributed by atoms with Crippen LogP contribution in [0.4, 0.5) is 0 Å². The molecule has 9 heteroatoms. The summed E-state index contributed by atoms with van der Waals surface area (Å²) >= 11 is 1.39. The van der Waals surface area contributed by atoms with Crippen LogP contribution in [-0.2, 0) is 9.59 Å². The fourth-order valence-corrected chi connectivity index (χ4v) is 5.02. The zero-order valence-corrected chi connectivity index (χ0v) is 19.1. The molecule has 0 bridgehead atoms. The lowest BCUT2D eigenvalue weighted by Crippen LogP contribution is -2.52. The number of hydrogen-bond acceptors (Lipinski definition) is 6. The Morgan fingerprint density at radius 2 is 1.45 bits per heavy atom. The monoisotopic (exact) mass is 462 g/mol. The second kappa shape index (κ2) is 9.74. The van der Waals surface area contributed by atoms with Gasteiger partial charge in [-0.25, -0.2) is 4.68 Å².